The number of nitrogens with zero attached hydrogens (tertiary/aromatic N) is 3. The van der Waals surface area contributed by atoms with Crippen LogP contribution in [0.15, 0.2) is 6.33 Å². The topological polar surface area (TPSA) is 63.0 Å². The SMILES string of the molecule is Cc1c(C)n(CC(C)C)c2ncnc(NCCCO)c12. The van der Waals surface area contributed by atoms with Crippen LogP contribution in [0.5, 0.6) is 0 Å². The second-order valence-corrected chi connectivity index (χ2v) is 5.64. The Morgan fingerprint density at radius 1 is 1.30 bits per heavy atom. The number of aliphatic hydroxyl groups excluding tert-OH is 1. The van der Waals surface area contributed by atoms with Crippen molar-refractivity contribution in [1.82, 2.24) is 14.5 Å². The van der Waals surface area contributed by atoms with Crippen molar-refractivity contribution in [3.8, 4) is 0 Å². The highest BCUT2D eigenvalue weighted by Gasteiger charge is 2.16. The van der Waals surface area contributed by atoms with Crippen LogP contribution in [0.2, 0.25) is 0 Å². The summed E-state index contributed by atoms with van der Waals surface area (Å²) in [5.74, 6) is 1.44. The van der Waals surface area contributed by atoms with Gasteiger partial charge in [0, 0.05) is 25.4 Å². The van der Waals surface area contributed by atoms with E-state index < -0.39 is 0 Å². The third kappa shape index (κ3) is 2.77. The molecular weight excluding hydrogens is 252 g/mol. The smallest absolute Gasteiger partial charge is 0.145 e. The molecule has 0 atom stereocenters. The summed E-state index contributed by atoms with van der Waals surface area (Å²) in [6.07, 6.45) is 2.33. The summed E-state index contributed by atoms with van der Waals surface area (Å²) in [4.78, 5) is 8.82. The molecule has 0 bridgehead atoms. The number of aliphatic hydroxyl groups is 1. The molecule has 0 aromatic carbocycles. The molecule has 20 heavy (non-hydrogen) atoms. The third-order valence-corrected chi connectivity index (χ3v) is 3.58. The van der Waals surface area contributed by atoms with Crippen LogP contribution in [0, 0.1) is 19.8 Å². The van der Waals surface area contributed by atoms with E-state index in [1.54, 1.807) is 6.33 Å². The fourth-order valence-corrected chi connectivity index (χ4v) is 2.48. The van der Waals surface area contributed by atoms with Gasteiger partial charge in [-0.3, -0.25) is 0 Å². The van der Waals surface area contributed by atoms with Crippen LogP contribution in [0.1, 0.15) is 31.5 Å². The molecule has 0 radical (unpaired) electrons. The Balaban J connectivity index is 2.46. The highest BCUT2D eigenvalue weighted by molar-refractivity contribution is 5.91. The molecule has 0 saturated carbocycles. The number of anilines is 1. The lowest BCUT2D eigenvalue weighted by Gasteiger charge is -2.10. The van der Waals surface area contributed by atoms with Gasteiger partial charge < -0.3 is 15.0 Å². The number of hydrogen-bond acceptors (Lipinski definition) is 4. The van der Waals surface area contributed by atoms with Gasteiger partial charge in [-0.15, -0.1) is 0 Å². The Bertz CT molecular complexity index is 589. The second kappa shape index (κ2) is 6.22. The van der Waals surface area contributed by atoms with E-state index in [4.69, 9.17) is 5.11 Å². The van der Waals surface area contributed by atoms with Gasteiger partial charge in [-0.1, -0.05) is 13.8 Å². The summed E-state index contributed by atoms with van der Waals surface area (Å²) < 4.78 is 2.27. The largest absolute Gasteiger partial charge is 0.396 e. The molecule has 5 nitrogen and oxygen atoms in total. The molecule has 0 unspecified atom stereocenters. The molecule has 5 heteroatoms. The average Bonchev–Trinajstić information content (AvgIpc) is 2.65. The molecule has 2 aromatic heterocycles. The van der Waals surface area contributed by atoms with Crippen molar-refractivity contribution in [3.05, 3.63) is 17.6 Å². The molecule has 110 valence electrons. The van der Waals surface area contributed by atoms with Gasteiger partial charge in [0.2, 0.25) is 0 Å². The van der Waals surface area contributed by atoms with Gasteiger partial charge in [0.25, 0.3) is 0 Å². The maximum atomic E-state index is 8.88. The first kappa shape index (κ1) is 14.8. The van der Waals surface area contributed by atoms with Gasteiger partial charge in [0.1, 0.15) is 17.8 Å². The normalized spacial score (nSPS) is 11.5. The maximum Gasteiger partial charge on any atom is 0.145 e. The molecule has 2 rings (SSSR count). The minimum atomic E-state index is 0.188. The molecule has 2 heterocycles. The number of aromatic nitrogens is 3. The van der Waals surface area contributed by atoms with E-state index in [0.717, 1.165) is 36.4 Å². The summed E-state index contributed by atoms with van der Waals surface area (Å²) in [7, 11) is 0. The average molecular weight is 276 g/mol. The Morgan fingerprint density at radius 3 is 2.70 bits per heavy atom. The second-order valence-electron chi connectivity index (χ2n) is 5.64. The molecule has 0 amide bonds. The van der Waals surface area contributed by atoms with Gasteiger partial charge in [-0.2, -0.15) is 0 Å². The van der Waals surface area contributed by atoms with Crippen LogP contribution >= 0.6 is 0 Å². The van der Waals surface area contributed by atoms with Gasteiger partial charge in [-0.25, -0.2) is 9.97 Å². The fourth-order valence-electron chi connectivity index (χ4n) is 2.48. The summed E-state index contributed by atoms with van der Waals surface area (Å²) in [6, 6.07) is 0. The zero-order valence-corrected chi connectivity index (χ0v) is 12.8. The molecule has 0 aliphatic heterocycles. The van der Waals surface area contributed by atoms with E-state index in [0.29, 0.717) is 5.92 Å². The van der Waals surface area contributed by atoms with Crippen LogP contribution in [-0.4, -0.2) is 32.8 Å². The van der Waals surface area contributed by atoms with E-state index in [-0.39, 0.29) is 6.61 Å². The van der Waals surface area contributed by atoms with Crippen molar-refractivity contribution in [2.45, 2.75) is 40.7 Å². The Labute approximate surface area is 120 Å². The Kier molecular flexibility index (Phi) is 4.60. The number of aryl methyl sites for hydroxylation is 1. The fraction of sp³-hybridized carbons (Fsp3) is 0.600. The summed E-state index contributed by atoms with van der Waals surface area (Å²) in [6.45, 7) is 10.5. The summed E-state index contributed by atoms with van der Waals surface area (Å²) >= 11 is 0. The van der Waals surface area contributed by atoms with Crippen LogP contribution < -0.4 is 5.32 Å². The number of hydrogen-bond donors (Lipinski definition) is 2. The van der Waals surface area contributed by atoms with E-state index in [1.807, 2.05) is 0 Å². The molecular formula is C15H24N4O. The first-order chi connectivity index (χ1) is 9.56. The molecule has 0 fully saturated rings. The maximum absolute atomic E-state index is 8.88. The van der Waals surface area contributed by atoms with E-state index >= 15 is 0 Å². The van der Waals surface area contributed by atoms with Crippen LogP contribution in [0.3, 0.4) is 0 Å². The molecule has 0 spiro atoms. The molecule has 0 aliphatic rings. The predicted molar refractivity (Wildman–Crippen MR) is 82.0 cm³/mol. The zero-order valence-electron chi connectivity index (χ0n) is 12.8. The lowest BCUT2D eigenvalue weighted by atomic mass is 10.2. The van der Waals surface area contributed by atoms with Gasteiger partial charge >= 0.3 is 0 Å². The first-order valence-corrected chi connectivity index (χ1v) is 7.21. The lowest BCUT2D eigenvalue weighted by Crippen LogP contribution is -2.08. The molecule has 2 N–H and O–H groups in total. The zero-order chi connectivity index (χ0) is 14.7. The van der Waals surface area contributed by atoms with Crippen LogP contribution in [0.4, 0.5) is 5.82 Å². The van der Waals surface area contributed by atoms with Crippen molar-refractivity contribution >= 4 is 16.9 Å². The van der Waals surface area contributed by atoms with Crippen LogP contribution in [-0.2, 0) is 6.54 Å². The number of nitrogens with one attached hydrogen (secondary N) is 1. The van der Waals surface area contributed by atoms with Crippen molar-refractivity contribution in [1.29, 1.82) is 0 Å². The number of rotatable bonds is 6. The van der Waals surface area contributed by atoms with Crippen molar-refractivity contribution < 1.29 is 5.11 Å². The first-order valence-electron chi connectivity index (χ1n) is 7.21. The summed E-state index contributed by atoms with van der Waals surface area (Å²) in [5, 5.41) is 13.3. The van der Waals surface area contributed by atoms with Gasteiger partial charge in [-0.05, 0) is 31.7 Å². The van der Waals surface area contributed by atoms with Gasteiger partial charge in [0.15, 0.2) is 0 Å². The lowest BCUT2D eigenvalue weighted by molar-refractivity contribution is 0.292. The molecule has 0 saturated heterocycles. The third-order valence-electron chi connectivity index (χ3n) is 3.58. The Hall–Kier alpha value is -1.62. The van der Waals surface area contributed by atoms with Gasteiger partial charge in [0.05, 0.1) is 5.39 Å². The van der Waals surface area contributed by atoms with Crippen molar-refractivity contribution in [2.24, 2.45) is 5.92 Å². The van der Waals surface area contributed by atoms with Crippen molar-refractivity contribution in [2.75, 3.05) is 18.5 Å². The minimum Gasteiger partial charge on any atom is -0.396 e. The molecule has 2 aromatic rings. The van der Waals surface area contributed by atoms with Crippen molar-refractivity contribution in [3.63, 3.8) is 0 Å². The summed E-state index contributed by atoms with van der Waals surface area (Å²) in [5.41, 5.74) is 3.47. The van der Waals surface area contributed by atoms with E-state index in [1.165, 1.54) is 11.3 Å². The predicted octanol–water partition coefficient (Wildman–Crippen LogP) is 2.50. The highest BCUT2D eigenvalue weighted by atomic mass is 16.3. The standard InChI is InChI=1S/C15H24N4O/c1-10(2)8-19-12(4)11(3)13-14(16-6-5-7-20)17-9-18-15(13)19/h9-10,20H,5-8H2,1-4H3,(H,16,17,18). The monoisotopic (exact) mass is 276 g/mol. The van der Waals surface area contributed by atoms with E-state index in [9.17, 15) is 0 Å². The molecule has 0 aliphatic carbocycles. The Morgan fingerprint density at radius 2 is 2.05 bits per heavy atom. The number of fused-ring (bicyclic) bond motifs is 1. The van der Waals surface area contributed by atoms with Crippen LogP contribution in [0.25, 0.3) is 11.0 Å². The minimum absolute atomic E-state index is 0.188. The quantitative estimate of drug-likeness (QED) is 0.796. The highest BCUT2D eigenvalue weighted by Crippen LogP contribution is 2.29. The van der Waals surface area contributed by atoms with E-state index in [2.05, 4.69) is 47.5 Å².